The molecule has 7 heteroatoms. The van der Waals surface area contributed by atoms with Crippen LogP contribution >= 0.6 is 11.6 Å². The quantitative estimate of drug-likeness (QED) is 0.770. The molecule has 0 aliphatic carbocycles. The van der Waals surface area contributed by atoms with Crippen LogP contribution < -0.4 is 10.1 Å². The lowest BCUT2D eigenvalue weighted by Crippen LogP contribution is -2.37. The van der Waals surface area contributed by atoms with Crippen molar-refractivity contribution in [1.29, 1.82) is 0 Å². The zero-order chi connectivity index (χ0) is 18.2. The average molecular weight is 361 g/mol. The first-order valence-electron chi connectivity index (χ1n) is 7.46. The van der Waals surface area contributed by atoms with Crippen molar-refractivity contribution < 1.29 is 19.1 Å². The molecule has 2 rings (SSSR count). The number of benzene rings is 2. The monoisotopic (exact) mass is 360 g/mol. The standard InChI is InChI=1S/C18H17ClN2O4/c1-21(10-17(23)20-15-8-4-3-7-14(15)19)18(24)12-25-16-9-5-2-6-13(16)11-22/h2-9,11H,10,12H2,1H3,(H,20,23). The molecule has 0 radical (unpaired) electrons. The summed E-state index contributed by atoms with van der Waals surface area (Å²) in [5.41, 5.74) is 0.834. The van der Waals surface area contributed by atoms with Crippen molar-refractivity contribution in [3.63, 3.8) is 0 Å². The van der Waals surface area contributed by atoms with Crippen LogP contribution in [0.25, 0.3) is 0 Å². The highest BCUT2D eigenvalue weighted by Crippen LogP contribution is 2.20. The Hall–Kier alpha value is -2.86. The Morgan fingerprint density at radius 3 is 2.56 bits per heavy atom. The molecular weight excluding hydrogens is 344 g/mol. The molecule has 1 N–H and O–H groups in total. The molecule has 0 aromatic heterocycles. The van der Waals surface area contributed by atoms with Crippen LogP contribution in [0.4, 0.5) is 5.69 Å². The highest BCUT2D eigenvalue weighted by Gasteiger charge is 2.15. The van der Waals surface area contributed by atoms with Gasteiger partial charge in [0.2, 0.25) is 5.91 Å². The summed E-state index contributed by atoms with van der Waals surface area (Å²) in [6.45, 7) is -0.427. The lowest BCUT2D eigenvalue weighted by Gasteiger charge is -2.17. The van der Waals surface area contributed by atoms with Gasteiger partial charge in [0.15, 0.2) is 12.9 Å². The maximum Gasteiger partial charge on any atom is 0.260 e. The number of carbonyl (C=O) groups excluding carboxylic acids is 3. The number of nitrogens with zero attached hydrogens (tertiary/aromatic N) is 1. The first-order valence-corrected chi connectivity index (χ1v) is 7.84. The lowest BCUT2D eigenvalue weighted by atomic mass is 10.2. The molecule has 0 bridgehead atoms. The molecule has 0 unspecified atom stereocenters. The zero-order valence-corrected chi connectivity index (χ0v) is 14.3. The number of rotatable bonds is 7. The summed E-state index contributed by atoms with van der Waals surface area (Å²) >= 11 is 5.97. The van der Waals surface area contributed by atoms with E-state index in [1.54, 1.807) is 48.5 Å². The Kier molecular flexibility index (Phi) is 6.54. The van der Waals surface area contributed by atoms with Gasteiger partial charge in [-0.25, -0.2) is 0 Å². The molecule has 6 nitrogen and oxygen atoms in total. The summed E-state index contributed by atoms with van der Waals surface area (Å²) in [4.78, 5) is 36.2. The van der Waals surface area contributed by atoms with E-state index in [2.05, 4.69) is 5.32 Å². The second kappa shape index (κ2) is 8.84. The third-order valence-corrected chi connectivity index (χ3v) is 3.68. The van der Waals surface area contributed by atoms with Gasteiger partial charge in [0.25, 0.3) is 5.91 Å². The molecular formula is C18H17ClN2O4. The van der Waals surface area contributed by atoms with Gasteiger partial charge in [-0.3, -0.25) is 14.4 Å². The third kappa shape index (κ3) is 5.32. The number of carbonyl (C=O) groups is 3. The van der Waals surface area contributed by atoms with Crippen LogP contribution in [0.2, 0.25) is 5.02 Å². The lowest BCUT2D eigenvalue weighted by molar-refractivity contribution is -0.135. The summed E-state index contributed by atoms with van der Waals surface area (Å²) in [7, 11) is 1.49. The maximum absolute atomic E-state index is 12.1. The van der Waals surface area contributed by atoms with Gasteiger partial charge in [-0.05, 0) is 24.3 Å². The summed E-state index contributed by atoms with van der Waals surface area (Å²) in [6.07, 6.45) is 0.653. The summed E-state index contributed by atoms with van der Waals surface area (Å²) in [6, 6.07) is 13.4. The molecule has 0 saturated heterocycles. The molecule has 0 fully saturated rings. The van der Waals surface area contributed by atoms with E-state index in [-0.39, 0.29) is 19.1 Å². The second-order valence-electron chi connectivity index (χ2n) is 5.22. The Balaban J connectivity index is 1.86. The topological polar surface area (TPSA) is 75.7 Å². The van der Waals surface area contributed by atoms with E-state index in [0.717, 1.165) is 0 Å². The third-order valence-electron chi connectivity index (χ3n) is 3.35. The van der Waals surface area contributed by atoms with Crippen LogP contribution in [0.1, 0.15) is 10.4 Å². The number of amides is 2. The number of anilines is 1. The summed E-state index contributed by atoms with van der Waals surface area (Å²) < 4.78 is 5.35. The van der Waals surface area contributed by atoms with Crippen LogP contribution in [0, 0.1) is 0 Å². The van der Waals surface area contributed by atoms with Crippen molar-refractivity contribution in [2.75, 3.05) is 25.5 Å². The van der Waals surface area contributed by atoms with Crippen molar-refractivity contribution in [2.45, 2.75) is 0 Å². The minimum Gasteiger partial charge on any atom is -0.483 e. The minimum absolute atomic E-state index is 0.150. The number of nitrogens with one attached hydrogen (secondary N) is 1. The first kappa shape index (κ1) is 18.5. The van der Waals surface area contributed by atoms with Crippen molar-refractivity contribution >= 4 is 35.4 Å². The molecule has 0 aliphatic rings. The van der Waals surface area contributed by atoms with Crippen molar-refractivity contribution in [3.05, 3.63) is 59.1 Å². The summed E-state index contributed by atoms with van der Waals surface area (Å²) in [5, 5.41) is 3.05. The number of para-hydroxylation sites is 2. The van der Waals surface area contributed by atoms with E-state index in [1.165, 1.54) is 11.9 Å². The van der Waals surface area contributed by atoms with Gasteiger partial charge in [-0.15, -0.1) is 0 Å². The Morgan fingerprint density at radius 1 is 1.16 bits per heavy atom. The number of aldehydes is 1. The van der Waals surface area contributed by atoms with Crippen molar-refractivity contribution in [2.24, 2.45) is 0 Å². The smallest absolute Gasteiger partial charge is 0.260 e. The molecule has 2 aromatic carbocycles. The Labute approximate surface area is 150 Å². The van der Waals surface area contributed by atoms with Crippen molar-refractivity contribution in [1.82, 2.24) is 4.90 Å². The van der Waals surface area contributed by atoms with Gasteiger partial charge in [-0.1, -0.05) is 35.9 Å². The van der Waals surface area contributed by atoms with E-state index in [0.29, 0.717) is 28.3 Å². The fraction of sp³-hybridized carbons (Fsp3) is 0.167. The van der Waals surface area contributed by atoms with Gasteiger partial charge >= 0.3 is 0 Å². The highest BCUT2D eigenvalue weighted by molar-refractivity contribution is 6.33. The Morgan fingerprint density at radius 2 is 1.84 bits per heavy atom. The fourth-order valence-electron chi connectivity index (χ4n) is 2.01. The predicted molar refractivity (Wildman–Crippen MR) is 95.0 cm³/mol. The largest absolute Gasteiger partial charge is 0.483 e. The zero-order valence-electron chi connectivity index (χ0n) is 13.6. The first-order chi connectivity index (χ1) is 12.0. The van der Waals surface area contributed by atoms with E-state index in [4.69, 9.17) is 16.3 Å². The molecule has 0 spiro atoms. The molecule has 0 aliphatic heterocycles. The molecule has 2 amide bonds. The normalized spacial score (nSPS) is 10.0. The van der Waals surface area contributed by atoms with Crippen LogP contribution in [-0.2, 0) is 9.59 Å². The van der Waals surface area contributed by atoms with Gasteiger partial charge in [0.05, 0.1) is 22.8 Å². The number of hydrogen-bond donors (Lipinski definition) is 1. The minimum atomic E-state index is -0.394. The van der Waals surface area contributed by atoms with Gasteiger partial charge < -0.3 is 15.0 Å². The van der Waals surface area contributed by atoms with E-state index < -0.39 is 5.91 Å². The fourth-order valence-corrected chi connectivity index (χ4v) is 2.20. The highest BCUT2D eigenvalue weighted by atomic mass is 35.5. The van der Waals surface area contributed by atoms with Gasteiger partial charge in [0.1, 0.15) is 5.75 Å². The van der Waals surface area contributed by atoms with Gasteiger partial charge in [0, 0.05) is 7.05 Å². The number of hydrogen-bond acceptors (Lipinski definition) is 4. The number of ether oxygens (including phenoxy) is 1. The van der Waals surface area contributed by atoms with E-state index in [1.807, 2.05) is 0 Å². The van der Waals surface area contributed by atoms with Crippen LogP contribution in [-0.4, -0.2) is 43.2 Å². The molecule has 0 saturated carbocycles. The van der Waals surface area contributed by atoms with Crippen LogP contribution in [0.3, 0.4) is 0 Å². The predicted octanol–water partition coefficient (Wildman–Crippen LogP) is 2.63. The van der Waals surface area contributed by atoms with Crippen LogP contribution in [0.15, 0.2) is 48.5 Å². The maximum atomic E-state index is 12.1. The van der Waals surface area contributed by atoms with Crippen molar-refractivity contribution in [3.8, 4) is 5.75 Å². The Bertz CT molecular complexity index is 779. The summed E-state index contributed by atoms with van der Waals surface area (Å²) in [5.74, 6) is -0.452. The number of halogens is 1. The molecule has 2 aromatic rings. The second-order valence-corrected chi connectivity index (χ2v) is 5.63. The van der Waals surface area contributed by atoms with Gasteiger partial charge in [-0.2, -0.15) is 0 Å². The van der Waals surface area contributed by atoms with Crippen LogP contribution in [0.5, 0.6) is 5.75 Å². The molecule has 130 valence electrons. The average Bonchev–Trinajstić information content (AvgIpc) is 2.61. The molecule has 25 heavy (non-hydrogen) atoms. The molecule has 0 heterocycles. The molecule has 0 atom stereocenters. The van der Waals surface area contributed by atoms with E-state index in [9.17, 15) is 14.4 Å². The SMILES string of the molecule is CN(CC(=O)Nc1ccccc1Cl)C(=O)COc1ccccc1C=O. The number of likely N-dealkylation sites (N-methyl/N-ethyl adjacent to an activating group) is 1. The van der Waals surface area contributed by atoms with E-state index >= 15 is 0 Å².